The summed E-state index contributed by atoms with van der Waals surface area (Å²) in [5, 5.41) is 2.31. The summed E-state index contributed by atoms with van der Waals surface area (Å²) >= 11 is 7.49. The summed E-state index contributed by atoms with van der Waals surface area (Å²) in [5.74, 6) is -0.0365. The number of halogens is 1. The van der Waals surface area contributed by atoms with E-state index in [4.69, 9.17) is 11.6 Å². The Balaban J connectivity index is 1.32. The van der Waals surface area contributed by atoms with E-state index in [9.17, 15) is 13.2 Å². The fourth-order valence-electron chi connectivity index (χ4n) is 4.15. The lowest BCUT2D eigenvalue weighted by atomic mass is 10.2. The summed E-state index contributed by atoms with van der Waals surface area (Å²) in [6.45, 7) is 2.65. The molecule has 5 rings (SSSR count). The van der Waals surface area contributed by atoms with Crippen LogP contribution in [0.4, 0.5) is 11.4 Å². The average Bonchev–Trinajstić information content (AvgIpc) is 3.59. The number of nitrogens with one attached hydrogen (secondary N) is 1. The number of H-pyrrole nitrogens is 1. The molecule has 0 bridgehead atoms. The number of aromatic amines is 1. The lowest BCUT2D eigenvalue weighted by Gasteiger charge is -2.36. The van der Waals surface area contributed by atoms with Crippen LogP contribution < -0.4 is 9.21 Å². The summed E-state index contributed by atoms with van der Waals surface area (Å²) < 4.78 is 28.4. The molecule has 4 aromatic rings. The number of amides is 1. The van der Waals surface area contributed by atoms with Crippen molar-refractivity contribution in [2.75, 3.05) is 35.4 Å². The van der Waals surface area contributed by atoms with E-state index in [1.807, 2.05) is 34.5 Å². The zero-order chi connectivity index (χ0) is 25.1. The Kier molecular flexibility index (Phi) is 6.99. The SMILES string of the molecule is O=C(c1sccc1Cl)N1CCN(c2ccc(N(Cc3cnc[nH]3)S(=O)(=O)c3ccccc3)cc2)CC1. The van der Waals surface area contributed by atoms with Crippen molar-refractivity contribution < 1.29 is 13.2 Å². The van der Waals surface area contributed by atoms with Crippen LogP contribution >= 0.6 is 22.9 Å². The minimum atomic E-state index is -3.79. The van der Waals surface area contributed by atoms with Crippen LogP contribution in [0.1, 0.15) is 15.4 Å². The molecule has 1 aliphatic heterocycles. The van der Waals surface area contributed by atoms with Gasteiger partial charge in [0.25, 0.3) is 15.9 Å². The van der Waals surface area contributed by atoms with Gasteiger partial charge in [-0.1, -0.05) is 29.8 Å². The number of anilines is 2. The van der Waals surface area contributed by atoms with Crippen LogP contribution in [0.3, 0.4) is 0 Å². The Morgan fingerprint density at radius 3 is 2.36 bits per heavy atom. The second-order valence-corrected chi connectivity index (χ2v) is 11.5. The highest BCUT2D eigenvalue weighted by molar-refractivity contribution is 7.92. The van der Waals surface area contributed by atoms with Gasteiger partial charge in [-0.25, -0.2) is 13.4 Å². The second-order valence-electron chi connectivity index (χ2n) is 8.29. The third-order valence-electron chi connectivity index (χ3n) is 6.08. The maximum absolute atomic E-state index is 13.5. The fourth-order valence-corrected chi connectivity index (χ4v) is 6.71. The number of piperazine rings is 1. The van der Waals surface area contributed by atoms with Crippen LogP contribution in [0.5, 0.6) is 0 Å². The van der Waals surface area contributed by atoms with Crippen LogP contribution in [0.25, 0.3) is 0 Å². The Morgan fingerprint density at radius 1 is 1.03 bits per heavy atom. The zero-order valence-corrected chi connectivity index (χ0v) is 21.6. The number of nitrogens with zero attached hydrogens (tertiary/aromatic N) is 4. The number of sulfonamides is 1. The lowest BCUT2D eigenvalue weighted by molar-refractivity contribution is 0.0752. The fraction of sp³-hybridized carbons (Fsp3) is 0.200. The monoisotopic (exact) mass is 541 g/mol. The van der Waals surface area contributed by atoms with Gasteiger partial charge in [0.05, 0.1) is 34.2 Å². The first kappa shape index (κ1) is 24.4. The minimum absolute atomic E-state index is 0.0365. The summed E-state index contributed by atoms with van der Waals surface area (Å²) in [7, 11) is -3.79. The van der Waals surface area contributed by atoms with E-state index in [-0.39, 0.29) is 17.3 Å². The Morgan fingerprint density at radius 2 is 1.75 bits per heavy atom. The van der Waals surface area contributed by atoms with Gasteiger partial charge in [-0.2, -0.15) is 0 Å². The first-order valence-electron chi connectivity index (χ1n) is 11.4. The minimum Gasteiger partial charge on any atom is -0.368 e. The second kappa shape index (κ2) is 10.3. The summed E-state index contributed by atoms with van der Waals surface area (Å²) in [4.78, 5) is 24.6. The molecule has 1 saturated heterocycles. The molecule has 0 unspecified atom stereocenters. The van der Waals surface area contributed by atoms with Gasteiger partial charge in [0.2, 0.25) is 0 Å². The van der Waals surface area contributed by atoms with Crippen molar-refractivity contribution >= 4 is 50.2 Å². The van der Waals surface area contributed by atoms with Crippen molar-refractivity contribution in [3.63, 3.8) is 0 Å². The molecule has 1 amide bonds. The maximum atomic E-state index is 13.5. The molecule has 1 aliphatic rings. The van der Waals surface area contributed by atoms with Crippen molar-refractivity contribution in [1.29, 1.82) is 0 Å². The van der Waals surface area contributed by atoms with Crippen LogP contribution in [0.2, 0.25) is 5.02 Å². The number of aromatic nitrogens is 2. The third-order valence-corrected chi connectivity index (χ3v) is 9.20. The van der Waals surface area contributed by atoms with E-state index < -0.39 is 10.0 Å². The standard InChI is InChI=1S/C25H24ClN5O3S2/c26-23-10-15-35-24(23)25(32)30-13-11-29(12-14-30)20-6-8-21(9-7-20)31(17-19-16-27-18-28-19)36(33,34)22-4-2-1-3-5-22/h1-10,15-16,18H,11-14,17H2,(H,27,28). The largest absolute Gasteiger partial charge is 0.368 e. The number of rotatable bonds is 7. The third kappa shape index (κ3) is 4.97. The van der Waals surface area contributed by atoms with E-state index in [1.165, 1.54) is 22.0 Å². The first-order valence-corrected chi connectivity index (χ1v) is 14.1. The number of hydrogen-bond donors (Lipinski definition) is 1. The normalized spacial score (nSPS) is 14.1. The number of imidazole rings is 1. The molecular weight excluding hydrogens is 518 g/mol. The van der Waals surface area contributed by atoms with Crippen molar-refractivity contribution in [2.24, 2.45) is 0 Å². The molecule has 0 radical (unpaired) electrons. The highest BCUT2D eigenvalue weighted by atomic mass is 35.5. The highest BCUT2D eigenvalue weighted by Crippen LogP contribution is 2.29. The van der Waals surface area contributed by atoms with Crippen molar-refractivity contribution in [1.82, 2.24) is 14.9 Å². The molecule has 0 atom stereocenters. The van der Waals surface area contributed by atoms with Crippen LogP contribution in [-0.2, 0) is 16.6 Å². The lowest BCUT2D eigenvalue weighted by Crippen LogP contribution is -2.48. The summed E-state index contributed by atoms with van der Waals surface area (Å²) in [5.41, 5.74) is 2.21. The van der Waals surface area contributed by atoms with Gasteiger partial charge >= 0.3 is 0 Å². The molecule has 186 valence electrons. The van der Waals surface area contributed by atoms with E-state index >= 15 is 0 Å². The number of carbonyl (C=O) groups excluding carboxylic acids is 1. The van der Waals surface area contributed by atoms with Gasteiger partial charge in [0.15, 0.2) is 0 Å². The van der Waals surface area contributed by atoms with E-state index in [2.05, 4.69) is 14.9 Å². The number of benzene rings is 2. The molecule has 1 fully saturated rings. The summed E-state index contributed by atoms with van der Waals surface area (Å²) in [6, 6.07) is 17.6. The molecule has 0 aliphatic carbocycles. The topological polar surface area (TPSA) is 89.6 Å². The predicted molar refractivity (Wildman–Crippen MR) is 142 cm³/mol. The summed E-state index contributed by atoms with van der Waals surface area (Å²) in [6.07, 6.45) is 3.15. The van der Waals surface area contributed by atoms with Gasteiger partial charge in [0.1, 0.15) is 4.88 Å². The Hall–Kier alpha value is -3.34. The maximum Gasteiger partial charge on any atom is 0.265 e. The molecule has 0 saturated carbocycles. The number of carbonyl (C=O) groups is 1. The molecular formula is C25H24ClN5O3S2. The van der Waals surface area contributed by atoms with Gasteiger partial charge in [-0.15, -0.1) is 11.3 Å². The van der Waals surface area contributed by atoms with E-state index in [0.29, 0.717) is 47.5 Å². The molecule has 2 aromatic carbocycles. The van der Waals surface area contributed by atoms with Crippen molar-refractivity contribution in [3.8, 4) is 0 Å². The Bertz CT molecular complexity index is 1420. The van der Waals surface area contributed by atoms with Crippen molar-refractivity contribution in [2.45, 2.75) is 11.4 Å². The Labute approximate surface area is 218 Å². The van der Waals surface area contributed by atoms with Crippen molar-refractivity contribution in [3.05, 3.63) is 94.2 Å². The molecule has 2 aromatic heterocycles. The van der Waals surface area contributed by atoms with E-state index in [1.54, 1.807) is 42.6 Å². The zero-order valence-electron chi connectivity index (χ0n) is 19.2. The van der Waals surface area contributed by atoms with Crippen LogP contribution in [0, 0.1) is 0 Å². The smallest absolute Gasteiger partial charge is 0.265 e. The highest BCUT2D eigenvalue weighted by Gasteiger charge is 2.27. The predicted octanol–water partition coefficient (Wildman–Crippen LogP) is 4.48. The number of hydrogen-bond acceptors (Lipinski definition) is 6. The number of thiophene rings is 1. The molecule has 11 heteroatoms. The van der Waals surface area contributed by atoms with Crippen LogP contribution in [-0.4, -0.2) is 55.4 Å². The van der Waals surface area contributed by atoms with Gasteiger partial charge < -0.3 is 14.8 Å². The molecule has 36 heavy (non-hydrogen) atoms. The molecule has 0 spiro atoms. The average molecular weight is 542 g/mol. The van der Waals surface area contributed by atoms with Gasteiger partial charge in [-0.05, 0) is 47.8 Å². The molecule has 8 nitrogen and oxygen atoms in total. The van der Waals surface area contributed by atoms with Crippen LogP contribution in [0.15, 0.2) is 83.5 Å². The molecule has 3 heterocycles. The van der Waals surface area contributed by atoms with Gasteiger partial charge in [-0.3, -0.25) is 9.10 Å². The first-order chi connectivity index (χ1) is 17.4. The van der Waals surface area contributed by atoms with Gasteiger partial charge in [0, 0.05) is 38.1 Å². The molecule has 1 N–H and O–H groups in total. The quantitative estimate of drug-likeness (QED) is 0.372. The van der Waals surface area contributed by atoms with E-state index in [0.717, 1.165) is 5.69 Å².